The van der Waals surface area contributed by atoms with Gasteiger partial charge in [0.05, 0.1) is 0 Å². The van der Waals surface area contributed by atoms with Crippen LogP contribution in [0.5, 0.6) is 0 Å². The van der Waals surface area contributed by atoms with Crippen LogP contribution < -0.4 is 5.32 Å². The second-order valence-electron chi connectivity index (χ2n) is 5.40. The Morgan fingerprint density at radius 3 is 2.81 bits per heavy atom. The highest BCUT2D eigenvalue weighted by Gasteiger charge is 2.26. The number of amides is 1. The molecule has 1 fully saturated rings. The van der Waals surface area contributed by atoms with E-state index in [2.05, 4.69) is 17.4 Å². The number of thioether (sulfide) groups is 1. The van der Waals surface area contributed by atoms with E-state index in [4.69, 9.17) is 4.52 Å². The SMILES string of the molecule is Cc1c(C(=O)NC2CSC(C)C2)noc1-c1ccccc1. The number of rotatable bonds is 3. The maximum absolute atomic E-state index is 12.3. The first kappa shape index (κ1) is 14.2. The van der Waals surface area contributed by atoms with Crippen molar-refractivity contribution < 1.29 is 9.32 Å². The van der Waals surface area contributed by atoms with Gasteiger partial charge in [-0.05, 0) is 13.3 Å². The minimum atomic E-state index is -0.141. The fraction of sp³-hybridized carbons (Fsp3) is 0.375. The van der Waals surface area contributed by atoms with E-state index >= 15 is 0 Å². The Labute approximate surface area is 128 Å². The summed E-state index contributed by atoms with van der Waals surface area (Å²) in [6, 6.07) is 9.95. The lowest BCUT2D eigenvalue weighted by molar-refractivity contribution is 0.0931. The van der Waals surface area contributed by atoms with Gasteiger partial charge in [-0.1, -0.05) is 42.4 Å². The third-order valence-electron chi connectivity index (χ3n) is 3.71. The van der Waals surface area contributed by atoms with Crippen LogP contribution in [0.4, 0.5) is 0 Å². The van der Waals surface area contributed by atoms with Gasteiger partial charge in [0.1, 0.15) is 0 Å². The van der Waals surface area contributed by atoms with Gasteiger partial charge in [-0.3, -0.25) is 4.79 Å². The fourth-order valence-electron chi connectivity index (χ4n) is 2.58. The van der Waals surface area contributed by atoms with Crippen LogP contribution in [0.25, 0.3) is 11.3 Å². The average molecular weight is 302 g/mol. The van der Waals surface area contributed by atoms with Gasteiger partial charge < -0.3 is 9.84 Å². The molecule has 2 atom stereocenters. The van der Waals surface area contributed by atoms with Crippen molar-refractivity contribution >= 4 is 17.7 Å². The van der Waals surface area contributed by atoms with E-state index in [-0.39, 0.29) is 11.9 Å². The number of nitrogens with one attached hydrogen (secondary N) is 1. The molecule has 0 bridgehead atoms. The Kier molecular flexibility index (Phi) is 4.01. The molecule has 1 aromatic heterocycles. The standard InChI is InChI=1S/C16H18N2O2S/c1-10-8-13(9-21-10)17-16(19)14-11(2)15(20-18-14)12-6-4-3-5-7-12/h3-7,10,13H,8-9H2,1-2H3,(H,17,19). The minimum absolute atomic E-state index is 0.141. The summed E-state index contributed by atoms with van der Waals surface area (Å²) in [5.41, 5.74) is 2.11. The van der Waals surface area contributed by atoms with Gasteiger partial charge >= 0.3 is 0 Å². The topological polar surface area (TPSA) is 55.1 Å². The zero-order valence-corrected chi connectivity index (χ0v) is 12.9. The molecule has 1 saturated heterocycles. The van der Waals surface area contributed by atoms with Crippen LogP contribution in [0.1, 0.15) is 29.4 Å². The molecule has 1 amide bonds. The Morgan fingerprint density at radius 1 is 1.38 bits per heavy atom. The highest BCUT2D eigenvalue weighted by Crippen LogP contribution is 2.28. The normalized spacial score (nSPS) is 21.4. The maximum Gasteiger partial charge on any atom is 0.274 e. The van der Waals surface area contributed by atoms with E-state index in [1.165, 1.54) is 0 Å². The van der Waals surface area contributed by atoms with Gasteiger partial charge in [-0.25, -0.2) is 0 Å². The van der Waals surface area contributed by atoms with Gasteiger partial charge in [0.15, 0.2) is 11.5 Å². The van der Waals surface area contributed by atoms with E-state index in [9.17, 15) is 4.79 Å². The second-order valence-corrected chi connectivity index (χ2v) is 6.87. The molecule has 2 unspecified atom stereocenters. The van der Waals surface area contributed by atoms with Crippen molar-refractivity contribution in [1.29, 1.82) is 0 Å². The Morgan fingerprint density at radius 2 is 2.14 bits per heavy atom. The van der Waals surface area contributed by atoms with E-state index in [0.717, 1.165) is 23.3 Å². The lowest BCUT2D eigenvalue weighted by Gasteiger charge is -2.10. The number of aromatic nitrogens is 1. The third-order valence-corrected chi connectivity index (χ3v) is 5.06. The van der Waals surface area contributed by atoms with Crippen molar-refractivity contribution in [2.75, 3.05) is 5.75 Å². The zero-order chi connectivity index (χ0) is 14.8. The summed E-state index contributed by atoms with van der Waals surface area (Å²) in [4.78, 5) is 12.3. The van der Waals surface area contributed by atoms with Crippen molar-refractivity contribution in [3.8, 4) is 11.3 Å². The van der Waals surface area contributed by atoms with Crippen LogP contribution >= 0.6 is 11.8 Å². The molecular formula is C16H18N2O2S. The third kappa shape index (κ3) is 2.97. The Bertz CT molecular complexity index is 639. The number of hydrogen-bond acceptors (Lipinski definition) is 4. The van der Waals surface area contributed by atoms with E-state index in [1.807, 2.05) is 49.0 Å². The van der Waals surface area contributed by atoms with Gasteiger partial charge in [0.2, 0.25) is 0 Å². The van der Waals surface area contributed by atoms with E-state index in [1.54, 1.807) is 0 Å². The smallest absolute Gasteiger partial charge is 0.274 e. The van der Waals surface area contributed by atoms with Crippen molar-refractivity contribution in [2.45, 2.75) is 31.6 Å². The maximum atomic E-state index is 12.3. The van der Waals surface area contributed by atoms with E-state index in [0.29, 0.717) is 16.7 Å². The molecule has 0 spiro atoms. The number of hydrogen-bond donors (Lipinski definition) is 1. The second kappa shape index (κ2) is 5.93. The molecule has 0 radical (unpaired) electrons. The summed E-state index contributed by atoms with van der Waals surface area (Å²) in [5.74, 6) is 1.49. The average Bonchev–Trinajstić information content (AvgIpc) is 3.06. The molecule has 110 valence electrons. The quantitative estimate of drug-likeness (QED) is 0.945. The Hall–Kier alpha value is -1.75. The number of benzene rings is 1. The highest BCUT2D eigenvalue weighted by atomic mass is 32.2. The van der Waals surface area contributed by atoms with E-state index < -0.39 is 0 Å². The highest BCUT2D eigenvalue weighted by molar-refractivity contribution is 8.00. The van der Waals surface area contributed by atoms with Gasteiger partial charge in [-0.15, -0.1) is 0 Å². The van der Waals surface area contributed by atoms with Crippen LogP contribution in [0.15, 0.2) is 34.9 Å². The molecular weight excluding hydrogens is 284 g/mol. The molecule has 1 aliphatic rings. The van der Waals surface area contributed by atoms with Crippen molar-refractivity contribution in [3.63, 3.8) is 0 Å². The number of nitrogens with zero attached hydrogens (tertiary/aromatic N) is 1. The minimum Gasteiger partial charge on any atom is -0.355 e. The predicted molar refractivity (Wildman–Crippen MR) is 84.5 cm³/mol. The summed E-state index contributed by atoms with van der Waals surface area (Å²) in [7, 11) is 0. The molecule has 21 heavy (non-hydrogen) atoms. The molecule has 4 nitrogen and oxygen atoms in total. The van der Waals surface area contributed by atoms with Crippen molar-refractivity contribution in [2.24, 2.45) is 0 Å². The lowest BCUT2D eigenvalue weighted by Crippen LogP contribution is -2.35. The van der Waals surface area contributed by atoms with Crippen LogP contribution in [-0.2, 0) is 0 Å². The van der Waals surface area contributed by atoms with Crippen LogP contribution in [0.3, 0.4) is 0 Å². The molecule has 2 heterocycles. The summed E-state index contributed by atoms with van der Waals surface area (Å²) in [6.45, 7) is 4.06. The number of carbonyl (C=O) groups excluding carboxylic acids is 1. The molecule has 1 N–H and O–H groups in total. The first-order valence-corrected chi connectivity index (χ1v) is 8.14. The first-order valence-electron chi connectivity index (χ1n) is 7.09. The number of carbonyl (C=O) groups is 1. The Balaban J connectivity index is 1.77. The molecule has 1 aromatic carbocycles. The largest absolute Gasteiger partial charge is 0.355 e. The monoisotopic (exact) mass is 302 g/mol. The predicted octanol–water partition coefficient (Wildman–Crippen LogP) is 3.27. The molecule has 2 aromatic rings. The van der Waals surface area contributed by atoms with Gasteiger partial charge in [0.25, 0.3) is 5.91 Å². The molecule has 3 rings (SSSR count). The van der Waals surface area contributed by atoms with Crippen LogP contribution in [-0.4, -0.2) is 28.1 Å². The summed E-state index contributed by atoms with van der Waals surface area (Å²) in [6.07, 6.45) is 1.01. The van der Waals surface area contributed by atoms with Crippen molar-refractivity contribution in [1.82, 2.24) is 10.5 Å². The molecule has 0 aliphatic carbocycles. The fourth-order valence-corrected chi connectivity index (χ4v) is 3.73. The van der Waals surface area contributed by atoms with Crippen molar-refractivity contribution in [3.05, 3.63) is 41.6 Å². The van der Waals surface area contributed by atoms with Crippen LogP contribution in [0, 0.1) is 6.92 Å². The summed E-state index contributed by atoms with van der Waals surface area (Å²) >= 11 is 1.89. The molecule has 0 saturated carbocycles. The lowest BCUT2D eigenvalue weighted by atomic mass is 10.1. The molecule has 1 aliphatic heterocycles. The van der Waals surface area contributed by atoms with Gasteiger partial charge in [-0.2, -0.15) is 11.8 Å². The molecule has 5 heteroatoms. The first-order chi connectivity index (χ1) is 10.1. The zero-order valence-electron chi connectivity index (χ0n) is 12.1. The van der Waals surface area contributed by atoms with Gasteiger partial charge in [0, 0.05) is 28.2 Å². The summed E-state index contributed by atoms with van der Waals surface area (Å²) in [5, 5.41) is 7.61. The van der Waals surface area contributed by atoms with Crippen LogP contribution in [0.2, 0.25) is 0 Å². The summed E-state index contributed by atoms with van der Waals surface area (Å²) < 4.78 is 5.37.